The van der Waals surface area contributed by atoms with Crippen LogP contribution in [0.1, 0.15) is 47.0 Å². The first-order valence-corrected chi connectivity index (χ1v) is 6.35. The van der Waals surface area contributed by atoms with E-state index in [1.54, 1.807) is 0 Å². The third-order valence-corrected chi connectivity index (χ3v) is 3.84. The van der Waals surface area contributed by atoms with Crippen LogP contribution in [0.5, 0.6) is 0 Å². The van der Waals surface area contributed by atoms with Crippen molar-refractivity contribution in [3.05, 3.63) is 0 Å². The van der Waals surface area contributed by atoms with Crippen LogP contribution in [-0.2, 0) is 0 Å². The Hall–Kier alpha value is -0.0400. The quantitative estimate of drug-likeness (QED) is 0.667. The summed E-state index contributed by atoms with van der Waals surface area (Å²) in [6, 6.07) is 0. The molecule has 84 valence electrons. The fourth-order valence-electron chi connectivity index (χ4n) is 2.37. The molecule has 1 heterocycles. The number of nitrogens with zero attached hydrogens (tertiary/aromatic N) is 1. The molecule has 1 unspecified atom stereocenters. The van der Waals surface area contributed by atoms with Gasteiger partial charge in [-0.15, -0.1) is 0 Å². The molecule has 1 heteroatoms. The number of rotatable bonds is 4. The van der Waals surface area contributed by atoms with E-state index in [0.717, 1.165) is 17.8 Å². The van der Waals surface area contributed by atoms with E-state index in [9.17, 15) is 0 Å². The smallest absolute Gasteiger partial charge is 0.000692 e. The van der Waals surface area contributed by atoms with Crippen LogP contribution >= 0.6 is 0 Å². The molecule has 0 aromatic carbocycles. The van der Waals surface area contributed by atoms with Gasteiger partial charge in [-0.2, -0.15) is 0 Å². The highest BCUT2D eigenvalue weighted by atomic mass is 15.1. The third kappa shape index (κ3) is 3.61. The third-order valence-electron chi connectivity index (χ3n) is 3.84. The van der Waals surface area contributed by atoms with Gasteiger partial charge in [-0.1, -0.05) is 34.1 Å². The van der Waals surface area contributed by atoms with E-state index in [-0.39, 0.29) is 0 Å². The van der Waals surface area contributed by atoms with E-state index in [4.69, 9.17) is 0 Å². The Morgan fingerprint density at radius 1 is 1.14 bits per heavy atom. The van der Waals surface area contributed by atoms with Crippen LogP contribution in [0, 0.1) is 17.8 Å². The number of likely N-dealkylation sites (tertiary alicyclic amines) is 1. The maximum atomic E-state index is 2.66. The van der Waals surface area contributed by atoms with Gasteiger partial charge in [0.25, 0.3) is 0 Å². The van der Waals surface area contributed by atoms with Crippen LogP contribution in [0.25, 0.3) is 0 Å². The highest BCUT2D eigenvalue weighted by molar-refractivity contribution is 4.75. The number of piperidine rings is 1. The Kier molecular flexibility index (Phi) is 4.94. The molecular weight excluding hydrogens is 170 g/mol. The molecule has 0 saturated carbocycles. The van der Waals surface area contributed by atoms with Gasteiger partial charge in [0.2, 0.25) is 0 Å². The molecule has 0 amide bonds. The van der Waals surface area contributed by atoms with E-state index in [0.29, 0.717) is 0 Å². The molecule has 1 saturated heterocycles. The Bertz CT molecular complexity index is 145. The highest BCUT2D eigenvalue weighted by Gasteiger charge is 2.21. The summed E-state index contributed by atoms with van der Waals surface area (Å²) >= 11 is 0. The Morgan fingerprint density at radius 3 is 2.14 bits per heavy atom. The topological polar surface area (TPSA) is 3.24 Å². The molecule has 0 bridgehead atoms. The van der Waals surface area contributed by atoms with Crippen LogP contribution in [0.4, 0.5) is 0 Å². The fourth-order valence-corrected chi connectivity index (χ4v) is 2.37. The predicted molar refractivity (Wildman–Crippen MR) is 63.5 cm³/mol. The second-order valence-corrected chi connectivity index (χ2v) is 5.40. The van der Waals surface area contributed by atoms with Crippen LogP contribution in [0.3, 0.4) is 0 Å². The molecule has 1 aliphatic rings. The van der Waals surface area contributed by atoms with Crippen molar-refractivity contribution < 1.29 is 0 Å². The first-order valence-electron chi connectivity index (χ1n) is 6.35. The van der Waals surface area contributed by atoms with E-state index >= 15 is 0 Å². The van der Waals surface area contributed by atoms with Crippen molar-refractivity contribution in [1.82, 2.24) is 4.90 Å². The van der Waals surface area contributed by atoms with Crippen molar-refractivity contribution in [1.29, 1.82) is 0 Å². The van der Waals surface area contributed by atoms with Crippen molar-refractivity contribution in [3.63, 3.8) is 0 Å². The highest BCUT2D eigenvalue weighted by Crippen LogP contribution is 2.24. The molecule has 0 radical (unpaired) electrons. The molecule has 14 heavy (non-hydrogen) atoms. The predicted octanol–water partition coefficient (Wildman–Crippen LogP) is 3.40. The monoisotopic (exact) mass is 197 g/mol. The van der Waals surface area contributed by atoms with Gasteiger partial charge in [0.05, 0.1) is 0 Å². The lowest BCUT2D eigenvalue weighted by molar-refractivity contribution is 0.141. The first-order chi connectivity index (χ1) is 6.63. The molecule has 1 nitrogen and oxygen atoms in total. The van der Waals surface area contributed by atoms with E-state index in [1.807, 2.05) is 0 Å². The van der Waals surface area contributed by atoms with Gasteiger partial charge in [-0.05, 0) is 43.7 Å². The van der Waals surface area contributed by atoms with Crippen LogP contribution < -0.4 is 0 Å². The van der Waals surface area contributed by atoms with Gasteiger partial charge in [-0.25, -0.2) is 0 Å². The first kappa shape index (κ1) is 12.0. The number of hydrogen-bond donors (Lipinski definition) is 0. The normalized spacial score (nSPS) is 22.9. The minimum atomic E-state index is 0.880. The molecule has 1 fully saturated rings. The molecule has 1 aliphatic heterocycles. The standard InChI is InChI=1S/C13H27N/c1-5-12(4)10-14-8-6-13(7-9-14)11(2)3/h11-13H,5-10H2,1-4H3. The Morgan fingerprint density at radius 2 is 1.71 bits per heavy atom. The molecular formula is C13H27N. The fraction of sp³-hybridized carbons (Fsp3) is 1.00. The van der Waals surface area contributed by atoms with Gasteiger partial charge in [0, 0.05) is 6.54 Å². The summed E-state index contributed by atoms with van der Waals surface area (Å²) in [7, 11) is 0. The van der Waals surface area contributed by atoms with E-state index in [1.165, 1.54) is 38.9 Å². The average molecular weight is 197 g/mol. The minimum absolute atomic E-state index is 0.880. The van der Waals surface area contributed by atoms with Crippen molar-refractivity contribution in [2.75, 3.05) is 19.6 Å². The zero-order chi connectivity index (χ0) is 10.6. The molecule has 0 aromatic rings. The summed E-state index contributed by atoms with van der Waals surface area (Å²) in [4.78, 5) is 2.66. The lowest BCUT2D eigenvalue weighted by Gasteiger charge is -2.35. The van der Waals surface area contributed by atoms with Gasteiger partial charge in [0.15, 0.2) is 0 Å². The SMILES string of the molecule is CCC(C)CN1CCC(C(C)C)CC1. The van der Waals surface area contributed by atoms with Crippen molar-refractivity contribution >= 4 is 0 Å². The summed E-state index contributed by atoms with van der Waals surface area (Å²) in [5.41, 5.74) is 0. The zero-order valence-electron chi connectivity index (χ0n) is 10.4. The van der Waals surface area contributed by atoms with E-state index < -0.39 is 0 Å². The maximum Gasteiger partial charge on any atom is 0.000692 e. The second-order valence-electron chi connectivity index (χ2n) is 5.40. The summed E-state index contributed by atoms with van der Waals surface area (Å²) in [5, 5.41) is 0. The van der Waals surface area contributed by atoms with Crippen LogP contribution in [0.15, 0.2) is 0 Å². The molecule has 0 N–H and O–H groups in total. The molecule has 1 atom stereocenters. The summed E-state index contributed by atoms with van der Waals surface area (Å²) < 4.78 is 0. The molecule has 0 spiro atoms. The molecule has 1 rings (SSSR count). The minimum Gasteiger partial charge on any atom is -0.303 e. The summed E-state index contributed by atoms with van der Waals surface area (Å²) in [6.45, 7) is 13.4. The van der Waals surface area contributed by atoms with Crippen molar-refractivity contribution in [2.24, 2.45) is 17.8 Å². The maximum absolute atomic E-state index is 2.66. The Balaban J connectivity index is 2.22. The van der Waals surface area contributed by atoms with Gasteiger partial charge >= 0.3 is 0 Å². The van der Waals surface area contributed by atoms with E-state index in [2.05, 4.69) is 32.6 Å². The largest absolute Gasteiger partial charge is 0.303 e. The second kappa shape index (κ2) is 5.75. The van der Waals surface area contributed by atoms with Gasteiger partial charge in [0.1, 0.15) is 0 Å². The molecule has 0 aliphatic carbocycles. The average Bonchev–Trinajstić information content (AvgIpc) is 2.18. The van der Waals surface area contributed by atoms with Crippen molar-refractivity contribution in [3.8, 4) is 0 Å². The van der Waals surface area contributed by atoms with Crippen LogP contribution in [0.2, 0.25) is 0 Å². The zero-order valence-corrected chi connectivity index (χ0v) is 10.4. The number of hydrogen-bond acceptors (Lipinski definition) is 1. The lowest BCUT2D eigenvalue weighted by atomic mass is 9.86. The van der Waals surface area contributed by atoms with Gasteiger partial charge < -0.3 is 4.90 Å². The molecule has 0 aromatic heterocycles. The lowest BCUT2D eigenvalue weighted by Crippen LogP contribution is -2.37. The summed E-state index contributed by atoms with van der Waals surface area (Å²) in [6.07, 6.45) is 4.17. The Labute approximate surface area is 89.9 Å². The van der Waals surface area contributed by atoms with Crippen molar-refractivity contribution in [2.45, 2.75) is 47.0 Å². The van der Waals surface area contributed by atoms with Crippen LogP contribution in [-0.4, -0.2) is 24.5 Å². The summed E-state index contributed by atoms with van der Waals surface area (Å²) in [5.74, 6) is 2.76. The van der Waals surface area contributed by atoms with Gasteiger partial charge in [-0.3, -0.25) is 0 Å².